The van der Waals surface area contributed by atoms with Crippen LogP contribution < -0.4 is 15.9 Å². The van der Waals surface area contributed by atoms with Crippen molar-refractivity contribution in [2.45, 2.75) is 17.9 Å². The highest BCUT2D eigenvalue weighted by atomic mass is 32.2. The number of nitrogens with zero attached hydrogens (tertiary/aromatic N) is 1. The maximum absolute atomic E-state index is 12.8. The molecule has 1 amide bonds. The molecule has 0 bridgehead atoms. The lowest BCUT2D eigenvalue weighted by Crippen LogP contribution is -2.30. The summed E-state index contributed by atoms with van der Waals surface area (Å²) in [7, 11) is -3.72. The number of rotatable bonds is 6. The van der Waals surface area contributed by atoms with E-state index >= 15 is 0 Å². The number of hydrogen-bond acceptors (Lipinski definition) is 4. The quantitative estimate of drug-likeness (QED) is 0.452. The highest BCUT2D eigenvalue weighted by Crippen LogP contribution is 2.19. The van der Waals surface area contributed by atoms with Crippen LogP contribution in [-0.4, -0.2) is 25.4 Å². The van der Waals surface area contributed by atoms with E-state index in [1.807, 2.05) is 41.0 Å². The van der Waals surface area contributed by atoms with Crippen molar-refractivity contribution in [1.82, 2.24) is 9.88 Å². The first kappa shape index (κ1) is 20.8. The van der Waals surface area contributed by atoms with Crippen LogP contribution in [0.3, 0.4) is 0 Å². The number of aromatic nitrogens is 1. The third kappa shape index (κ3) is 4.35. The molecule has 7 nitrogen and oxygen atoms in total. The van der Waals surface area contributed by atoms with Crippen LogP contribution in [0.4, 0.5) is 0 Å². The minimum Gasteiger partial charge on any atom is -0.354 e. The SMILES string of the molecule is NS(=O)(=O)c1ccc(CCNC(=O)Cn2c3ccccc3c(=O)c3ccccc32)cc1. The normalized spacial score (nSPS) is 11.6. The van der Waals surface area contributed by atoms with Gasteiger partial charge < -0.3 is 9.88 Å². The molecule has 0 unspecified atom stereocenters. The molecule has 0 saturated carbocycles. The predicted molar refractivity (Wildman–Crippen MR) is 120 cm³/mol. The van der Waals surface area contributed by atoms with Crippen LogP contribution in [0.2, 0.25) is 0 Å². The molecule has 0 saturated heterocycles. The van der Waals surface area contributed by atoms with Crippen molar-refractivity contribution in [3.05, 3.63) is 88.6 Å². The lowest BCUT2D eigenvalue weighted by molar-refractivity contribution is -0.121. The number of carbonyl (C=O) groups is 1. The average Bonchev–Trinajstić information content (AvgIpc) is 2.76. The number of fused-ring (bicyclic) bond motifs is 2. The molecular weight excluding hydrogens is 414 g/mol. The number of primary sulfonamides is 1. The Bertz CT molecular complexity index is 1380. The number of carbonyl (C=O) groups excluding carboxylic acids is 1. The molecule has 0 aliphatic rings. The van der Waals surface area contributed by atoms with E-state index in [1.54, 1.807) is 24.3 Å². The number of para-hydroxylation sites is 2. The number of amides is 1. The lowest BCUT2D eigenvalue weighted by atomic mass is 10.1. The minimum absolute atomic E-state index is 0.0502. The molecule has 0 atom stereocenters. The van der Waals surface area contributed by atoms with Crippen molar-refractivity contribution < 1.29 is 13.2 Å². The van der Waals surface area contributed by atoms with Crippen molar-refractivity contribution in [3.8, 4) is 0 Å². The number of hydrogen-bond donors (Lipinski definition) is 2. The highest BCUT2D eigenvalue weighted by Gasteiger charge is 2.13. The largest absolute Gasteiger partial charge is 0.354 e. The topological polar surface area (TPSA) is 111 Å². The standard InChI is InChI=1S/C23H21N3O4S/c24-31(29,30)17-11-9-16(10-12-17)13-14-25-22(27)15-26-20-7-3-1-5-18(20)23(28)19-6-2-4-8-21(19)26/h1-12H,13-15H2,(H,25,27)(H2,24,29,30). The number of sulfonamides is 1. The molecule has 3 N–H and O–H groups in total. The maximum Gasteiger partial charge on any atom is 0.239 e. The predicted octanol–water partition coefficient (Wildman–Crippen LogP) is 2.16. The molecule has 31 heavy (non-hydrogen) atoms. The van der Waals surface area contributed by atoms with Gasteiger partial charge in [-0.1, -0.05) is 36.4 Å². The third-order valence-corrected chi connectivity index (χ3v) is 6.10. The van der Waals surface area contributed by atoms with Gasteiger partial charge in [0.05, 0.1) is 15.9 Å². The van der Waals surface area contributed by atoms with Crippen molar-refractivity contribution in [2.75, 3.05) is 6.54 Å². The Morgan fingerprint density at radius 3 is 1.97 bits per heavy atom. The van der Waals surface area contributed by atoms with Gasteiger partial charge in [0.2, 0.25) is 15.9 Å². The average molecular weight is 436 g/mol. The van der Waals surface area contributed by atoms with E-state index in [-0.39, 0.29) is 22.8 Å². The van der Waals surface area contributed by atoms with Gasteiger partial charge in [0.1, 0.15) is 6.54 Å². The van der Waals surface area contributed by atoms with Crippen LogP contribution in [0.25, 0.3) is 21.8 Å². The Hall–Kier alpha value is -3.49. The van der Waals surface area contributed by atoms with Crippen molar-refractivity contribution in [2.24, 2.45) is 5.14 Å². The van der Waals surface area contributed by atoms with Crippen LogP contribution >= 0.6 is 0 Å². The first-order chi connectivity index (χ1) is 14.8. The summed E-state index contributed by atoms with van der Waals surface area (Å²) in [6, 6.07) is 20.8. The van der Waals surface area contributed by atoms with Crippen LogP contribution in [0.1, 0.15) is 5.56 Å². The molecule has 1 aromatic heterocycles. The molecule has 4 aromatic rings. The van der Waals surface area contributed by atoms with E-state index in [2.05, 4.69) is 5.32 Å². The summed E-state index contributed by atoms with van der Waals surface area (Å²) < 4.78 is 24.5. The summed E-state index contributed by atoms with van der Waals surface area (Å²) >= 11 is 0. The van der Waals surface area contributed by atoms with Gasteiger partial charge in [-0.25, -0.2) is 13.6 Å². The molecule has 0 radical (unpaired) electrons. The lowest BCUT2D eigenvalue weighted by Gasteiger charge is -2.15. The zero-order chi connectivity index (χ0) is 22.0. The van der Waals surface area contributed by atoms with Gasteiger partial charge in [-0.3, -0.25) is 9.59 Å². The number of benzene rings is 3. The van der Waals surface area contributed by atoms with Gasteiger partial charge in [0.15, 0.2) is 5.43 Å². The fourth-order valence-corrected chi connectivity index (χ4v) is 4.15. The molecule has 158 valence electrons. The molecular formula is C23H21N3O4S. The van der Waals surface area contributed by atoms with Gasteiger partial charge >= 0.3 is 0 Å². The van der Waals surface area contributed by atoms with E-state index in [0.717, 1.165) is 5.56 Å². The number of pyridine rings is 1. The summed E-state index contributed by atoms with van der Waals surface area (Å²) in [5.74, 6) is -0.180. The monoisotopic (exact) mass is 435 g/mol. The Kier molecular flexibility index (Phi) is 5.58. The zero-order valence-corrected chi connectivity index (χ0v) is 17.4. The molecule has 1 heterocycles. The minimum atomic E-state index is -3.72. The molecule has 0 aliphatic heterocycles. The number of nitrogens with one attached hydrogen (secondary N) is 1. The Morgan fingerprint density at radius 2 is 1.42 bits per heavy atom. The molecule has 4 rings (SSSR count). The van der Waals surface area contributed by atoms with Crippen molar-refractivity contribution in [3.63, 3.8) is 0 Å². The molecule has 0 aliphatic carbocycles. The Labute approximate surface area is 179 Å². The summed E-state index contributed by atoms with van der Waals surface area (Å²) in [6.07, 6.45) is 0.544. The van der Waals surface area contributed by atoms with Gasteiger partial charge in [0.25, 0.3) is 0 Å². The second kappa shape index (κ2) is 8.33. The van der Waals surface area contributed by atoms with Crippen LogP contribution in [-0.2, 0) is 27.8 Å². The third-order valence-electron chi connectivity index (χ3n) is 5.17. The molecule has 0 fully saturated rings. The smallest absolute Gasteiger partial charge is 0.239 e. The first-order valence-corrected chi connectivity index (χ1v) is 11.3. The highest BCUT2D eigenvalue weighted by molar-refractivity contribution is 7.89. The number of nitrogens with two attached hydrogens (primary N) is 1. The van der Waals surface area contributed by atoms with Gasteiger partial charge in [-0.2, -0.15) is 0 Å². The van der Waals surface area contributed by atoms with E-state index in [9.17, 15) is 18.0 Å². The van der Waals surface area contributed by atoms with E-state index in [4.69, 9.17) is 5.14 Å². The zero-order valence-electron chi connectivity index (χ0n) is 16.6. The summed E-state index contributed by atoms with van der Waals surface area (Å²) in [4.78, 5) is 25.5. The molecule has 8 heteroatoms. The van der Waals surface area contributed by atoms with Crippen LogP contribution in [0, 0.1) is 0 Å². The Balaban J connectivity index is 1.51. The van der Waals surface area contributed by atoms with Crippen LogP contribution in [0.15, 0.2) is 82.5 Å². The van der Waals surface area contributed by atoms with Gasteiger partial charge in [0, 0.05) is 17.3 Å². The Morgan fingerprint density at radius 1 is 0.871 bits per heavy atom. The van der Waals surface area contributed by atoms with Crippen molar-refractivity contribution in [1.29, 1.82) is 0 Å². The fourth-order valence-electron chi connectivity index (χ4n) is 3.64. The van der Waals surface area contributed by atoms with E-state index in [0.29, 0.717) is 34.8 Å². The van der Waals surface area contributed by atoms with E-state index in [1.165, 1.54) is 12.1 Å². The second-order valence-electron chi connectivity index (χ2n) is 7.24. The van der Waals surface area contributed by atoms with Crippen molar-refractivity contribution >= 4 is 37.7 Å². The summed E-state index contributed by atoms with van der Waals surface area (Å²) in [5, 5.41) is 9.14. The molecule has 0 spiro atoms. The second-order valence-corrected chi connectivity index (χ2v) is 8.80. The van der Waals surface area contributed by atoms with Crippen LogP contribution in [0.5, 0.6) is 0 Å². The summed E-state index contributed by atoms with van der Waals surface area (Å²) in [5.41, 5.74) is 2.25. The maximum atomic E-state index is 12.8. The van der Waals surface area contributed by atoms with Gasteiger partial charge in [-0.05, 0) is 48.4 Å². The molecule has 3 aromatic carbocycles. The fraction of sp³-hybridized carbons (Fsp3) is 0.130. The first-order valence-electron chi connectivity index (χ1n) is 9.73. The summed E-state index contributed by atoms with van der Waals surface area (Å²) in [6.45, 7) is 0.468. The van der Waals surface area contributed by atoms with Gasteiger partial charge in [-0.15, -0.1) is 0 Å². The van der Waals surface area contributed by atoms with E-state index < -0.39 is 10.0 Å².